The summed E-state index contributed by atoms with van der Waals surface area (Å²) in [6, 6.07) is 7.53. The Hall–Kier alpha value is -2.03. The molecular formula is C19H26O3. The van der Waals surface area contributed by atoms with E-state index in [0.717, 1.165) is 24.2 Å². The fourth-order valence-corrected chi connectivity index (χ4v) is 1.91. The van der Waals surface area contributed by atoms with Crippen LogP contribution in [0.25, 0.3) is 0 Å². The third kappa shape index (κ3) is 7.67. The van der Waals surface area contributed by atoms with Crippen LogP contribution in [0.2, 0.25) is 0 Å². The van der Waals surface area contributed by atoms with Crippen LogP contribution in [0.5, 0.6) is 5.75 Å². The number of methoxy groups -OCH3 is 1. The molecule has 0 radical (unpaired) electrons. The van der Waals surface area contributed by atoms with E-state index in [2.05, 4.69) is 37.7 Å². The molecule has 0 atom stereocenters. The predicted molar refractivity (Wildman–Crippen MR) is 90.1 cm³/mol. The number of ether oxygens (including phenoxy) is 2. The lowest BCUT2D eigenvalue weighted by Gasteiger charge is -2.06. The predicted octanol–water partition coefficient (Wildman–Crippen LogP) is 4.47. The summed E-state index contributed by atoms with van der Waals surface area (Å²) in [4.78, 5) is 11.2. The molecule has 0 saturated carbocycles. The Kier molecular flexibility index (Phi) is 8.05. The fraction of sp³-hybridized carbons (Fsp3) is 0.421. The molecule has 1 aromatic carbocycles. The quantitative estimate of drug-likeness (QED) is 0.525. The van der Waals surface area contributed by atoms with Crippen LogP contribution in [0, 0.1) is 0 Å². The van der Waals surface area contributed by atoms with E-state index in [1.807, 2.05) is 24.3 Å². The van der Waals surface area contributed by atoms with Crippen LogP contribution >= 0.6 is 0 Å². The van der Waals surface area contributed by atoms with Gasteiger partial charge in [-0.3, -0.25) is 4.79 Å². The van der Waals surface area contributed by atoms with Crippen LogP contribution < -0.4 is 4.74 Å². The van der Waals surface area contributed by atoms with Crippen LogP contribution in [-0.4, -0.2) is 19.7 Å². The highest BCUT2D eigenvalue weighted by atomic mass is 16.5. The summed E-state index contributed by atoms with van der Waals surface area (Å²) < 4.78 is 10.3. The van der Waals surface area contributed by atoms with Gasteiger partial charge in [-0.25, -0.2) is 0 Å². The maximum atomic E-state index is 11.2. The summed E-state index contributed by atoms with van der Waals surface area (Å²) in [6.07, 6.45) is 6.79. The largest absolute Gasteiger partial charge is 0.490 e. The van der Waals surface area contributed by atoms with E-state index < -0.39 is 0 Å². The lowest BCUT2D eigenvalue weighted by atomic mass is 10.1. The van der Waals surface area contributed by atoms with Crippen molar-refractivity contribution >= 4 is 5.97 Å². The number of hydrogen-bond acceptors (Lipinski definition) is 3. The van der Waals surface area contributed by atoms with Crippen molar-refractivity contribution in [2.45, 2.75) is 40.0 Å². The number of carbonyl (C=O) groups excluding carboxylic acids is 1. The van der Waals surface area contributed by atoms with Crippen LogP contribution in [0.15, 0.2) is 47.6 Å². The van der Waals surface area contributed by atoms with Crippen LogP contribution in [0.3, 0.4) is 0 Å². The first-order valence-electron chi connectivity index (χ1n) is 7.59. The molecule has 0 fully saturated rings. The molecular weight excluding hydrogens is 276 g/mol. The van der Waals surface area contributed by atoms with Gasteiger partial charge in [0, 0.05) is 0 Å². The fourth-order valence-electron chi connectivity index (χ4n) is 1.91. The van der Waals surface area contributed by atoms with Gasteiger partial charge in [-0.2, -0.15) is 0 Å². The molecule has 0 N–H and O–H groups in total. The molecule has 3 nitrogen and oxygen atoms in total. The van der Waals surface area contributed by atoms with E-state index in [0.29, 0.717) is 13.0 Å². The summed E-state index contributed by atoms with van der Waals surface area (Å²) in [5, 5.41) is 0. The maximum Gasteiger partial charge on any atom is 0.309 e. The second-order valence-electron chi connectivity index (χ2n) is 5.58. The van der Waals surface area contributed by atoms with Gasteiger partial charge >= 0.3 is 5.97 Å². The molecule has 1 rings (SSSR count). The van der Waals surface area contributed by atoms with Gasteiger partial charge in [-0.05, 0) is 57.4 Å². The zero-order valence-electron chi connectivity index (χ0n) is 14.0. The molecule has 22 heavy (non-hydrogen) atoms. The minimum atomic E-state index is -0.233. The number of allylic oxidation sites excluding steroid dienone is 3. The monoisotopic (exact) mass is 302 g/mol. The lowest BCUT2D eigenvalue weighted by molar-refractivity contribution is -0.139. The van der Waals surface area contributed by atoms with Gasteiger partial charge < -0.3 is 9.47 Å². The summed E-state index contributed by atoms with van der Waals surface area (Å²) in [6.45, 7) is 6.93. The number of benzene rings is 1. The van der Waals surface area contributed by atoms with E-state index in [9.17, 15) is 4.79 Å². The first kappa shape index (κ1) is 18.0. The highest BCUT2D eigenvalue weighted by molar-refractivity contribution is 5.72. The molecule has 0 aromatic heterocycles. The van der Waals surface area contributed by atoms with Crippen molar-refractivity contribution in [3.63, 3.8) is 0 Å². The molecule has 1 aromatic rings. The van der Waals surface area contributed by atoms with E-state index >= 15 is 0 Å². The molecule has 3 heteroatoms. The molecule has 0 spiro atoms. The zero-order chi connectivity index (χ0) is 16.4. The van der Waals surface area contributed by atoms with Gasteiger partial charge in [-0.1, -0.05) is 29.4 Å². The number of carbonyl (C=O) groups is 1. The SMILES string of the molecule is COC(=O)Cc1ccc(OCC=C(C)CCC=C(C)C)cc1. The average Bonchev–Trinajstić information content (AvgIpc) is 2.48. The van der Waals surface area contributed by atoms with Crippen molar-refractivity contribution in [2.75, 3.05) is 13.7 Å². The second kappa shape index (κ2) is 9.82. The second-order valence-corrected chi connectivity index (χ2v) is 5.58. The van der Waals surface area contributed by atoms with Gasteiger partial charge in [-0.15, -0.1) is 0 Å². The Morgan fingerprint density at radius 2 is 1.77 bits per heavy atom. The van der Waals surface area contributed by atoms with Gasteiger partial charge in [0.1, 0.15) is 12.4 Å². The average molecular weight is 302 g/mol. The molecule has 0 bridgehead atoms. The Labute approximate surface area is 133 Å². The van der Waals surface area contributed by atoms with Crippen molar-refractivity contribution in [1.82, 2.24) is 0 Å². The summed E-state index contributed by atoms with van der Waals surface area (Å²) >= 11 is 0. The minimum Gasteiger partial charge on any atom is -0.490 e. The van der Waals surface area contributed by atoms with Crippen molar-refractivity contribution in [3.05, 3.63) is 53.1 Å². The van der Waals surface area contributed by atoms with Crippen LogP contribution in [0.4, 0.5) is 0 Å². The van der Waals surface area contributed by atoms with Crippen LogP contribution in [-0.2, 0) is 16.0 Å². The molecule has 0 aliphatic carbocycles. The van der Waals surface area contributed by atoms with Gasteiger partial charge in [0.2, 0.25) is 0 Å². The Morgan fingerprint density at radius 3 is 2.36 bits per heavy atom. The van der Waals surface area contributed by atoms with E-state index in [-0.39, 0.29) is 5.97 Å². The molecule has 0 amide bonds. The van der Waals surface area contributed by atoms with E-state index in [1.165, 1.54) is 18.3 Å². The molecule has 0 saturated heterocycles. The van der Waals surface area contributed by atoms with Crippen molar-refractivity contribution in [3.8, 4) is 5.75 Å². The smallest absolute Gasteiger partial charge is 0.309 e. The third-order valence-corrected chi connectivity index (χ3v) is 3.27. The van der Waals surface area contributed by atoms with Gasteiger partial charge in [0.05, 0.1) is 13.5 Å². The Bertz CT molecular complexity index is 520. The zero-order valence-corrected chi connectivity index (χ0v) is 14.0. The number of esters is 1. The van der Waals surface area contributed by atoms with Gasteiger partial charge in [0.15, 0.2) is 0 Å². The molecule has 0 aliphatic rings. The van der Waals surface area contributed by atoms with E-state index in [4.69, 9.17) is 4.74 Å². The van der Waals surface area contributed by atoms with Crippen molar-refractivity contribution in [1.29, 1.82) is 0 Å². The Morgan fingerprint density at radius 1 is 1.09 bits per heavy atom. The topological polar surface area (TPSA) is 35.5 Å². The summed E-state index contributed by atoms with van der Waals surface area (Å²) in [5.41, 5.74) is 3.61. The van der Waals surface area contributed by atoms with Crippen molar-refractivity contribution in [2.24, 2.45) is 0 Å². The standard InChI is InChI=1S/C19H26O3/c1-15(2)6-5-7-16(3)12-13-22-18-10-8-17(9-11-18)14-19(20)21-4/h6,8-12H,5,7,13-14H2,1-4H3. The molecule has 0 aliphatic heterocycles. The summed E-state index contributed by atoms with van der Waals surface area (Å²) in [7, 11) is 1.39. The molecule has 0 heterocycles. The van der Waals surface area contributed by atoms with Crippen LogP contribution in [0.1, 0.15) is 39.2 Å². The molecule has 0 unspecified atom stereocenters. The lowest BCUT2D eigenvalue weighted by Crippen LogP contribution is -2.04. The first-order valence-corrected chi connectivity index (χ1v) is 7.59. The molecule has 120 valence electrons. The highest BCUT2D eigenvalue weighted by Crippen LogP contribution is 2.13. The third-order valence-electron chi connectivity index (χ3n) is 3.27. The number of rotatable bonds is 8. The summed E-state index contributed by atoms with van der Waals surface area (Å²) in [5.74, 6) is 0.575. The van der Waals surface area contributed by atoms with Crippen molar-refractivity contribution < 1.29 is 14.3 Å². The van der Waals surface area contributed by atoms with Gasteiger partial charge in [0.25, 0.3) is 0 Å². The number of hydrogen-bond donors (Lipinski definition) is 0. The maximum absolute atomic E-state index is 11.2. The highest BCUT2D eigenvalue weighted by Gasteiger charge is 2.02. The Balaban J connectivity index is 2.38. The normalized spacial score (nSPS) is 11.0. The minimum absolute atomic E-state index is 0.233. The first-order chi connectivity index (χ1) is 10.5. The van der Waals surface area contributed by atoms with E-state index in [1.54, 1.807) is 0 Å².